The molecule has 2 aromatic rings. The van der Waals surface area contributed by atoms with Crippen LogP contribution in [0.4, 0.5) is 5.69 Å². The molecule has 3 nitrogen and oxygen atoms in total. The second-order valence-corrected chi connectivity index (χ2v) is 5.24. The summed E-state index contributed by atoms with van der Waals surface area (Å²) in [5.74, 6) is -0.238. The highest BCUT2D eigenvalue weighted by Gasteiger charge is 2.13. The Morgan fingerprint density at radius 3 is 2.68 bits per heavy atom. The van der Waals surface area contributed by atoms with Gasteiger partial charge in [0.1, 0.15) is 6.04 Å². The molecule has 0 heterocycles. The lowest BCUT2D eigenvalue weighted by atomic mass is 10.1. The molecule has 0 aliphatic rings. The van der Waals surface area contributed by atoms with Crippen LogP contribution in [0.1, 0.15) is 13.8 Å². The van der Waals surface area contributed by atoms with E-state index >= 15 is 0 Å². The second kappa shape index (κ2) is 6.06. The SMILES string of the molecule is CCOC(=O)C(C)Nc1ccc2cc(Br)ccc2c1. The minimum absolute atomic E-state index is 0.238. The highest BCUT2D eigenvalue weighted by atomic mass is 79.9. The van der Waals surface area contributed by atoms with Crippen molar-refractivity contribution >= 4 is 38.4 Å². The average molecular weight is 322 g/mol. The van der Waals surface area contributed by atoms with Gasteiger partial charge in [-0.15, -0.1) is 0 Å². The van der Waals surface area contributed by atoms with E-state index in [4.69, 9.17) is 4.74 Å². The summed E-state index contributed by atoms with van der Waals surface area (Å²) in [6.07, 6.45) is 0. The number of nitrogens with one attached hydrogen (secondary N) is 1. The number of esters is 1. The van der Waals surface area contributed by atoms with Gasteiger partial charge in [-0.2, -0.15) is 0 Å². The Labute approximate surface area is 121 Å². The van der Waals surface area contributed by atoms with Crippen molar-refractivity contribution in [3.63, 3.8) is 0 Å². The predicted molar refractivity (Wildman–Crippen MR) is 81.4 cm³/mol. The Balaban J connectivity index is 2.17. The third-order valence-corrected chi connectivity index (χ3v) is 3.32. The first-order valence-electron chi connectivity index (χ1n) is 6.22. The molecule has 100 valence electrons. The van der Waals surface area contributed by atoms with Gasteiger partial charge >= 0.3 is 5.97 Å². The quantitative estimate of drug-likeness (QED) is 0.866. The van der Waals surface area contributed by atoms with E-state index in [1.165, 1.54) is 0 Å². The van der Waals surface area contributed by atoms with Gasteiger partial charge in [-0.25, -0.2) is 4.79 Å². The third-order valence-electron chi connectivity index (χ3n) is 2.83. The monoisotopic (exact) mass is 321 g/mol. The highest BCUT2D eigenvalue weighted by Crippen LogP contribution is 2.23. The van der Waals surface area contributed by atoms with Crippen LogP contribution in [-0.4, -0.2) is 18.6 Å². The van der Waals surface area contributed by atoms with Crippen LogP contribution in [0, 0.1) is 0 Å². The van der Waals surface area contributed by atoms with Crippen molar-refractivity contribution in [2.24, 2.45) is 0 Å². The molecule has 0 aliphatic heterocycles. The summed E-state index contributed by atoms with van der Waals surface area (Å²) in [5.41, 5.74) is 0.912. The molecule has 4 heteroatoms. The molecule has 0 radical (unpaired) electrons. The van der Waals surface area contributed by atoms with E-state index in [-0.39, 0.29) is 12.0 Å². The van der Waals surface area contributed by atoms with Gasteiger partial charge in [-0.05, 0) is 48.9 Å². The van der Waals surface area contributed by atoms with Crippen molar-refractivity contribution < 1.29 is 9.53 Å². The number of hydrogen-bond donors (Lipinski definition) is 1. The maximum Gasteiger partial charge on any atom is 0.328 e. The summed E-state index contributed by atoms with van der Waals surface area (Å²) in [7, 11) is 0. The zero-order valence-electron chi connectivity index (χ0n) is 10.9. The Kier molecular flexibility index (Phi) is 4.43. The van der Waals surface area contributed by atoms with Crippen LogP contribution in [0.15, 0.2) is 40.9 Å². The van der Waals surface area contributed by atoms with Gasteiger partial charge in [0, 0.05) is 10.2 Å². The van der Waals surface area contributed by atoms with Crippen molar-refractivity contribution in [3.8, 4) is 0 Å². The van der Waals surface area contributed by atoms with Gasteiger partial charge < -0.3 is 10.1 Å². The summed E-state index contributed by atoms with van der Waals surface area (Å²) in [5, 5.41) is 5.43. The molecule has 0 saturated heterocycles. The molecule has 0 bridgehead atoms. The molecule has 0 aliphatic carbocycles. The van der Waals surface area contributed by atoms with Crippen LogP contribution >= 0.6 is 15.9 Å². The van der Waals surface area contributed by atoms with Gasteiger partial charge in [0.25, 0.3) is 0 Å². The molecule has 19 heavy (non-hydrogen) atoms. The topological polar surface area (TPSA) is 38.3 Å². The van der Waals surface area contributed by atoms with E-state index in [2.05, 4.69) is 27.3 Å². The van der Waals surface area contributed by atoms with Gasteiger partial charge in [0.05, 0.1) is 6.61 Å². The fraction of sp³-hybridized carbons (Fsp3) is 0.267. The normalized spacial score (nSPS) is 12.2. The van der Waals surface area contributed by atoms with Crippen LogP contribution in [0.5, 0.6) is 0 Å². The van der Waals surface area contributed by atoms with Crippen LogP contribution in [0.25, 0.3) is 10.8 Å². The number of rotatable bonds is 4. The maximum atomic E-state index is 11.6. The maximum absolute atomic E-state index is 11.6. The van der Waals surface area contributed by atoms with Crippen molar-refractivity contribution in [3.05, 3.63) is 40.9 Å². The lowest BCUT2D eigenvalue weighted by molar-refractivity contribution is -0.143. The largest absolute Gasteiger partial charge is 0.464 e. The molecular weight excluding hydrogens is 306 g/mol. The van der Waals surface area contributed by atoms with E-state index in [0.29, 0.717) is 6.61 Å². The zero-order chi connectivity index (χ0) is 13.8. The van der Waals surface area contributed by atoms with Crippen molar-refractivity contribution in [2.45, 2.75) is 19.9 Å². The van der Waals surface area contributed by atoms with Crippen molar-refractivity contribution in [2.75, 3.05) is 11.9 Å². The molecule has 0 spiro atoms. The number of anilines is 1. The van der Waals surface area contributed by atoms with Crippen LogP contribution < -0.4 is 5.32 Å². The fourth-order valence-corrected chi connectivity index (χ4v) is 2.26. The van der Waals surface area contributed by atoms with E-state index in [1.54, 1.807) is 13.8 Å². The first-order chi connectivity index (χ1) is 9.10. The molecule has 0 amide bonds. The molecule has 2 aromatic carbocycles. The molecule has 2 rings (SSSR count). The number of fused-ring (bicyclic) bond motifs is 1. The number of hydrogen-bond acceptors (Lipinski definition) is 3. The number of benzene rings is 2. The number of carbonyl (C=O) groups is 1. The zero-order valence-corrected chi connectivity index (χ0v) is 12.5. The average Bonchev–Trinajstić information content (AvgIpc) is 2.39. The molecule has 1 unspecified atom stereocenters. The first kappa shape index (κ1) is 13.9. The molecule has 0 aromatic heterocycles. The van der Waals surface area contributed by atoms with Crippen LogP contribution in [0.3, 0.4) is 0 Å². The molecular formula is C15H16BrNO2. The van der Waals surface area contributed by atoms with E-state index in [9.17, 15) is 4.79 Å². The summed E-state index contributed by atoms with van der Waals surface area (Å²) in [6.45, 7) is 4.00. The van der Waals surface area contributed by atoms with Crippen LogP contribution in [-0.2, 0) is 9.53 Å². The smallest absolute Gasteiger partial charge is 0.328 e. The predicted octanol–water partition coefficient (Wildman–Crippen LogP) is 3.97. The van der Waals surface area contributed by atoms with Gasteiger partial charge in [-0.1, -0.05) is 28.1 Å². The van der Waals surface area contributed by atoms with Crippen molar-refractivity contribution in [1.29, 1.82) is 0 Å². The van der Waals surface area contributed by atoms with E-state index in [1.807, 2.05) is 30.3 Å². The minimum Gasteiger partial charge on any atom is -0.464 e. The second-order valence-electron chi connectivity index (χ2n) is 4.32. The van der Waals surface area contributed by atoms with Crippen molar-refractivity contribution in [1.82, 2.24) is 0 Å². The van der Waals surface area contributed by atoms with Crippen LogP contribution in [0.2, 0.25) is 0 Å². The Hall–Kier alpha value is -1.55. The Morgan fingerprint density at radius 2 is 1.95 bits per heavy atom. The van der Waals surface area contributed by atoms with Gasteiger partial charge in [0.15, 0.2) is 0 Å². The first-order valence-corrected chi connectivity index (χ1v) is 7.02. The third kappa shape index (κ3) is 3.47. The highest BCUT2D eigenvalue weighted by molar-refractivity contribution is 9.10. The Morgan fingerprint density at radius 1 is 1.26 bits per heavy atom. The number of carbonyl (C=O) groups excluding carboxylic acids is 1. The standard InChI is InChI=1S/C15H16BrNO2/c1-3-19-15(18)10(2)17-14-7-5-11-8-13(16)6-4-12(11)9-14/h4-10,17H,3H2,1-2H3. The van der Waals surface area contributed by atoms with E-state index in [0.717, 1.165) is 20.9 Å². The number of ether oxygens (including phenoxy) is 1. The Bertz CT molecular complexity index is 598. The van der Waals surface area contributed by atoms with Gasteiger partial charge in [0.2, 0.25) is 0 Å². The summed E-state index contributed by atoms with van der Waals surface area (Å²) < 4.78 is 6.03. The summed E-state index contributed by atoms with van der Waals surface area (Å²) >= 11 is 3.45. The molecule has 1 N–H and O–H groups in total. The summed E-state index contributed by atoms with van der Waals surface area (Å²) in [4.78, 5) is 11.6. The molecule has 1 atom stereocenters. The molecule has 0 saturated carbocycles. The van der Waals surface area contributed by atoms with Gasteiger partial charge in [-0.3, -0.25) is 0 Å². The lowest BCUT2D eigenvalue weighted by Crippen LogP contribution is -2.28. The summed E-state index contributed by atoms with van der Waals surface area (Å²) in [6, 6.07) is 11.8. The minimum atomic E-state index is -0.354. The lowest BCUT2D eigenvalue weighted by Gasteiger charge is -2.14. The fourth-order valence-electron chi connectivity index (χ4n) is 1.88. The number of halogens is 1. The molecule has 0 fully saturated rings. The van der Waals surface area contributed by atoms with E-state index < -0.39 is 0 Å².